The van der Waals surface area contributed by atoms with Gasteiger partial charge in [0, 0.05) is 13.0 Å². The zero-order valence-electron chi connectivity index (χ0n) is 16.4. The molecule has 0 aliphatic heterocycles. The summed E-state index contributed by atoms with van der Waals surface area (Å²) in [5.41, 5.74) is 0.438. The molecule has 0 bridgehead atoms. The lowest BCUT2D eigenvalue weighted by molar-refractivity contribution is 0.0528. The van der Waals surface area contributed by atoms with Gasteiger partial charge >= 0.3 is 18.2 Å². The molecule has 0 saturated carbocycles. The number of anilines is 1. The molecular weight excluding hydrogens is 398 g/mol. The zero-order chi connectivity index (χ0) is 21.4. The van der Waals surface area contributed by atoms with Crippen molar-refractivity contribution in [2.45, 2.75) is 39.4 Å². The van der Waals surface area contributed by atoms with Crippen LogP contribution in [0.15, 0.2) is 30.3 Å². The number of amides is 2. The fraction of sp³-hybridized carbons (Fsp3) is 0.368. The largest absolute Gasteiger partial charge is 0.477 e. The first-order valence-corrected chi connectivity index (χ1v) is 9.63. The highest BCUT2D eigenvalue weighted by Gasteiger charge is 2.20. The van der Waals surface area contributed by atoms with Gasteiger partial charge in [-0.15, -0.1) is 0 Å². The number of nitrogens with zero attached hydrogens (tertiary/aromatic N) is 1. The number of aromatic nitrogens is 1. The van der Waals surface area contributed by atoms with Gasteiger partial charge in [-0.1, -0.05) is 41.7 Å². The molecule has 0 spiro atoms. The summed E-state index contributed by atoms with van der Waals surface area (Å²) in [4.78, 5) is 39.1. The van der Waals surface area contributed by atoms with Crippen LogP contribution in [0, 0.1) is 0 Å². The van der Waals surface area contributed by atoms with Gasteiger partial charge in [-0.2, -0.15) is 0 Å². The number of alkyl carbamates (subject to hydrolysis) is 1. The maximum absolute atomic E-state index is 11.9. The fourth-order valence-corrected chi connectivity index (χ4v) is 3.02. The second-order valence-electron chi connectivity index (χ2n) is 6.97. The molecule has 0 saturated heterocycles. The Morgan fingerprint density at radius 2 is 1.83 bits per heavy atom. The average Bonchev–Trinajstić information content (AvgIpc) is 3.02. The van der Waals surface area contributed by atoms with Gasteiger partial charge in [0.2, 0.25) is 0 Å². The lowest BCUT2D eigenvalue weighted by atomic mass is 10.2. The number of rotatable bonds is 7. The van der Waals surface area contributed by atoms with Gasteiger partial charge in [0.25, 0.3) is 0 Å². The van der Waals surface area contributed by atoms with Crippen molar-refractivity contribution in [1.29, 1.82) is 0 Å². The van der Waals surface area contributed by atoms with Crippen molar-refractivity contribution in [3.8, 4) is 0 Å². The van der Waals surface area contributed by atoms with Crippen molar-refractivity contribution < 1.29 is 29.0 Å². The molecule has 0 radical (unpaired) electrons. The summed E-state index contributed by atoms with van der Waals surface area (Å²) in [5.74, 6) is -1.17. The second-order valence-corrected chi connectivity index (χ2v) is 7.96. The third kappa shape index (κ3) is 7.78. The van der Waals surface area contributed by atoms with Crippen molar-refractivity contribution in [3.63, 3.8) is 0 Å². The first-order chi connectivity index (χ1) is 13.6. The van der Waals surface area contributed by atoms with Crippen molar-refractivity contribution >= 4 is 34.6 Å². The molecule has 9 nitrogen and oxygen atoms in total. The number of carboxylic acids is 1. The third-order valence-corrected chi connectivity index (χ3v) is 4.34. The minimum absolute atomic E-state index is 0.0191. The molecule has 0 unspecified atom stereocenters. The molecule has 1 aromatic heterocycles. The molecule has 0 atom stereocenters. The Balaban J connectivity index is 1.90. The van der Waals surface area contributed by atoms with Crippen LogP contribution in [0.4, 0.5) is 14.7 Å². The van der Waals surface area contributed by atoms with Crippen LogP contribution < -0.4 is 10.6 Å². The molecule has 0 fully saturated rings. The molecule has 0 aliphatic carbocycles. The Labute approximate surface area is 172 Å². The molecule has 3 N–H and O–H groups in total. The number of ether oxygens (including phenoxy) is 2. The molecule has 10 heteroatoms. The van der Waals surface area contributed by atoms with Crippen molar-refractivity contribution in [2.75, 3.05) is 11.9 Å². The minimum Gasteiger partial charge on any atom is -0.477 e. The highest BCUT2D eigenvalue weighted by atomic mass is 32.1. The Morgan fingerprint density at radius 1 is 1.14 bits per heavy atom. The fourth-order valence-electron chi connectivity index (χ4n) is 2.19. The minimum atomic E-state index is -1.17. The molecule has 2 rings (SSSR count). The Hall–Kier alpha value is -3.14. The van der Waals surface area contributed by atoms with E-state index in [1.54, 1.807) is 20.8 Å². The lowest BCUT2D eigenvalue weighted by Gasteiger charge is -2.19. The van der Waals surface area contributed by atoms with E-state index in [1.165, 1.54) is 0 Å². The van der Waals surface area contributed by atoms with Crippen LogP contribution >= 0.6 is 11.3 Å². The van der Waals surface area contributed by atoms with Crippen LogP contribution in [-0.2, 0) is 22.5 Å². The van der Waals surface area contributed by atoms with Gasteiger partial charge in [0.1, 0.15) is 17.1 Å². The maximum Gasteiger partial charge on any atom is 0.413 e. The summed E-state index contributed by atoms with van der Waals surface area (Å²) in [6, 6.07) is 9.14. The van der Waals surface area contributed by atoms with Crippen LogP contribution in [0.3, 0.4) is 0 Å². The number of carboxylic acid groups (broad SMARTS) is 1. The standard InChI is InChI=1S/C19H23N3O6S/c1-19(2,3)28-17(25)20-10-9-13-14(15(23)24)29-16(21-13)22-18(26)27-11-12-7-5-4-6-8-12/h4-8H,9-11H2,1-3H3,(H,20,25)(H,23,24)(H,21,22,26). The number of aromatic carboxylic acids is 1. The van der Waals surface area contributed by atoms with Crippen LogP contribution in [0.1, 0.15) is 41.7 Å². The predicted octanol–water partition coefficient (Wildman–Crippen LogP) is 3.66. The van der Waals surface area contributed by atoms with Gasteiger partial charge in [-0.05, 0) is 26.3 Å². The Kier molecular flexibility index (Phi) is 7.54. The summed E-state index contributed by atoms with van der Waals surface area (Å²) in [5, 5.41) is 14.4. The number of nitrogens with one attached hydrogen (secondary N) is 2. The molecule has 0 aliphatic rings. The van der Waals surface area contributed by atoms with E-state index >= 15 is 0 Å². The average molecular weight is 421 g/mol. The quantitative estimate of drug-likeness (QED) is 0.622. The van der Waals surface area contributed by atoms with E-state index in [9.17, 15) is 19.5 Å². The summed E-state index contributed by atoms with van der Waals surface area (Å²) >= 11 is 0.820. The summed E-state index contributed by atoms with van der Waals surface area (Å²) in [6.07, 6.45) is -1.18. The summed E-state index contributed by atoms with van der Waals surface area (Å²) in [6.45, 7) is 5.44. The molecule has 29 heavy (non-hydrogen) atoms. The van der Waals surface area contributed by atoms with Crippen LogP contribution in [0.2, 0.25) is 0 Å². The number of carbonyl (C=O) groups excluding carboxylic acids is 2. The first-order valence-electron chi connectivity index (χ1n) is 8.81. The molecule has 2 amide bonds. The normalized spacial score (nSPS) is 10.9. The van der Waals surface area contributed by atoms with Gasteiger partial charge in [-0.3, -0.25) is 5.32 Å². The topological polar surface area (TPSA) is 127 Å². The maximum atomic E-state index is 11.9. The van der Waals surface area contributed by atoms with E-state index in [2.05, 4.69) is 15.6 Å². The number of benzene rings is 1. The Morgan fingerprint density at radius 3 is 2.45 bits per heavy atom. The number of thiazole rings is 1. The number of hydrogen-bond acceptors (Lipinski definition) is 7. The van der Waals surface area contributed by atoms with Crippen molar-refractivity contribution in [1.82, 2.24) is 10.3 Å². The zero-order valence-corrected chi connectivity index (χ0v) is 17.2. The van der Waals surface area contributed by atoms with E-state index < -0.39 is 23.8 Å². The van der Waals surface area contributed by atoms with Gasteiger partial charge in [0.05, 0.1) is 5.69 Å². The summed E-state index contributed by atoms with van der Waals surface area (Å²) < 4.78 is 10.2. The predicted molar refractivity (Wildman–Crippen MR) is 107 cm³/mol. The van der Waals surface area contributed by atoms with E-state index in [0.717, 1.165) is 16.9 Å². The van der Waals surface area contributed by atoms with Crippen molar-refractivity contribution in [3.05, 3.63) is 46.5 Å². The third-order valence-electron chi connectivity index (χ3n) is 3.34. The highest BCUT2D eigenvalue weighted by Crippen LogP contribution is 2.24. The smallest absolute Gasteiger partial charge is 0.413 e. The highest BCUT2D eigenvalue weighted by molar-refractivity contribution is 7.17. The molecule has 1 aromatic carbocycles. The van der Waals surface area contributed by atoms with E-state index in [1.807, 2.05) is 30.3 Å². The van der Waals surface area contributed by atoms with Gasteiger partial charge in [0.15, 0.2) is 5.13 Å². The number of carbonyl (C=O) groups is 3. The molecule has 2 aromatic rings. The second kappa shape index (κ2) is 9.87. The molecular formula is C19H23N3O6S. The van der Waals surface area contributed by atoms with E-state index in [-0.39, 0.29) is 35.3 Å². The van der Waals surface area contributed by atoms with Gasteiger partial charge < -0.3 is 19.9 Å². The van der Waals surface area contributed by atoms with Crippen molar-refractivity contribution in [2.24, 2.45) is 0 Å². The SMILES string of the molecule is CC(C)(C)OC(=O)NCCc1nc(NC(=O)OCc2ccccc2)sc1C(=O)O. The first kappa shape index (κ1) is 22.2. The summed E-state index contributed by atoms with van der Waals surface area (Å²) in [7, 11) is 0. The lowest BCUT2D eigenvalue weighted by Crippen LogP contribution is -2.33. The van der Waals surface area contributed by atoms with Crippen LogP contribution in [0.5, 0.6) is 0 Å². The van der Waals surface area contributed by atoms with Crippen LogP contribution in [0.25, 0.3) is 0 Å². The molecule has 1 heterocycles. The van der Waals surface area contributed by atoms with Gasteiger partial charge in [-0.25, -0.2) is 19.4 Å². The monoisotopic (exact) mass is 421 g/mol. The van der Waals surface area contributed by atoms with E-state index in [0.29, 0.717) is 0 Å². The molecule has 156 valence electrons. The number of hydrogen-bond donors (Lipinski definition) is 3. The van der Waals surface area contributed by atoms with E-state index in [4.69, 9.17) is 9.47 Å². The Bertz CT molecular complexity index is 861. The van der Waals surface area contributed by atoms with Crippen LogP contribution in [-0.4, -0.2) is 40.4 Å².